The number of nitrogens with zero attached hydrogens (tertiary/aromatic N) is 5. The number of pyridine rings is 3. The number of aryl methyl sites for hydroxylation is 1. The molecule has 1 fully saturated rings. The van der Waals surface area contributed by atoms with Gasteiger partial charge < -0.3 is 9.72 Å². The molecule has 6 heterocycles. The highest BCUT2D eigenvalue weighted by molar-refractivity contribution is 6.00. The molecule has 0 amide bonds. The smallest absolute Gasteiger partial charge is 0.155 e. The van der Waals surface area contributed by atoms with E-state index in [1.54, 1.807) is 12.4 Å². The minimum atomic E-state index is -0.281. The van der Waals surface area contributed by atoms with Gasteiger partial charge in [0, 0.05) is 58.1 Å². The third kappa shape index (κ3) is 4.69. The van der Waals surface area contributed by atoms with Gasteiger partial charge >= 0.3 is 0 Å². The van der Waals surface area contributed by atoms with E-state index in [4.69, 9.17) is 4.74 Å². The van der Waals surface area contributed by atoms with Crippen LogP contribution < -0.4 is 4.74 Å². The summed E-state index contributed by atoms with van der Waals surface area (Å²) in [6, 6.07) is 13.0. The predicted octanol–water partition coefficient (Wildman–Crippen LogP) is 6.15. The summed E-state index contributed by atoms with van der Waals surface area (Å²) < 4.78 is 20.2. The van der Waals surface area contributed by atoms with Gasteiger partial charge in [-0.25, -0.2) is 9.37 Å². The maximum absolute atomic E-state index is 14.2. The van der Waals surface area contributed by atoms with Crippen molar-refractivity contribution in [3.05, 3.63) is 78.6 Å². The average molecular weight is 534 g/mol. The van der Waals surface area contributed by atoms with E-state index in [0.717, 1.165) is 75.3 Å². The van der Waals surface area contributed by atoms with Crippen LogP contribution in [-0.2, 0) is 0 Å². The number of hydrogen-bond acceptors (Lipinski definition) is 6. The Morgan fingerprint density at radius 3 is 2.65 bits per heavy atom. The molecule has 1 aromatic carbocycles. The summed E-state index contributed by atoms with van der Waals surface area (Å²) in [7, 11) is 0. The Kier molecular flexibility index (Phi) is 6.20. The van der Waals surface area contributed by atoms with Crippen molar-refractivity contribution >= 4 is 21.9 Å². The van der Waals surface area contributed by atoms with Crippen LogP contribution in [0, 0.1) is 12.7 Å². The number of H-pyrrole nitrogens is 2. The highest BCUT2D eigenvalue weighted by Crippen LogP contribution is 2.34. The molecule has 40 heavy (non-hydrogen) atoms. The molecule has 0 saturated carbocycles. The van der Waals surface area contributed by atoms with E-state index < -0.39 is 0 Å². The number of fused-ring (bicyclic) bond motifs is 2. The van der Waals surface area contributed by atoms with Crippen molar-refractivity contribution in [2.75, 3.05) is 26.2 Å². The van der Waals surface area contributed by atoms with Crippen molar-refractivity contribution in [1.29, 1.82) is 0 Å². The van der Waals surface area contributed by atoms with Crippen LogP contribution in [0.3, 0.4) is 0 Å². The minimum absolute atomic E-state index is 0.281. The molecule has 9 heteroatoms. The normalized spacial score (nSPS) is 13.9. The lowest BCUT2D eigenvalue weighted by molar-refractivity contribution is 0.237. The summed E-state index contributed by atoms with van der Waals surface area (Å²) in [5.41, 5.74) is 7.27. The van der Waals surface area contributed by atoms with Crippen LogP contribution in [0.1, 0.15) is 18.4 Å². The van der Waals surface area contributed by atoms with Crippen LogP contribution in [0.4, 0.5) is 4.39 Å². The van der Waals surface area contributed by atoms with Gasteiger partial charge in [0.15, 0.2) is 5.65 Å². The fourth-order valence-corrected chi connectivity index (χ4v) is 5.51. The molecule has 0 spiro atoms. The van der Waals surface area contributed by atoms with Gasteiger partial charge in [-0.3, -0.25) is 20.0 Å². The second-order valence-corrected chi connectivity index (χ2v) is 10.3. The molecule has 1 aliphatic rings. The van der Waals surface area contributed by atoms with E-state index >= 15 is 0 Å². The molecule has 5 aromatic heterocycles. The monoisotopic (exact) mass is 533 g/mol. The van der Waals surface area contributed by atoms with Crippen LogP contribution in [0.2, 0.25) is 0 Å². The maximum Gasteiger partial charge on any atom is 0.155 e. The molecule has 2 N–H and O–H groups in total. The topological polar surface area (TPSA) is 95.6 Å². The molecule has 0 atom stereocenters. The van der Waals surface area contributed by atoms with Gasteiger partial charge in [-0.1, -0.05) is 0 Å². The lowest BCUT2D eigenvalue weighted by Gasteiger charge is -2.15. The largest absolute Gasteiger partial charge is 0.491 e. The van der Waals surface area contributed by atoms with Crippen LogP contribution in [0.5, 0.6) is 5.75 Å². The van der Waals surface area contributed by atoms with E-state index in [2.05, 4.69) is 41.1 Å². The van der Waals surface area contributed by atoms with E-state index in [-0.39, 0.29) is 5.82 Å². The SMILES string of the molecule is Cc1cc(F)cc(-c2nccc3[nH]c(-c4n[nH]c5ncc(-c6cncc(OCCN7CCCC7)c6)cc45)cc23)c1. The quantitative estimate of drug-likeness (QED) is 0.256. The summed E-state index contributed by atoms with van der Waals surface area (Å²) in [5, 5.41) is 9.39. The molecule has 0 unspecified atom stereocenters. The Hall–Kier alpha value is -4.63. The molecule has 0 radical (unpaired) electrons. The zero-order valence-corrected chi connectivity index (χ0v) is 22.1. The number of aromatic amines is 2. The first-order chi connectivity index (χ1) is 19.6. The molecule has 0 bridgehead atoms. The van der Waals surface area contributed by atoms with Crippen LogP contribution in [-0.4, -0.2) is 61.3 Å². The van der Waals surface area contributed by atoms with E-state index in [1.807, 2.05) is 43.6 Å². The summed E-state index contributed by atoms with van der Waals surface area (Å²) in [4.78, 5) is 19.5. The fourth-order valence-electron chi connectivity index (χ4n) is 5.51. The number of nitrogens with one attached hydrogen (secondary N) is 2. The predicted molar refractivity (Wildman–Crippen MR) is 154 cm³/mol. The molecule has 1 saturated heterocycles. The molecule has 1 aliphatic heterocycles. The Bertz CT molecular complexity index is 1820. The van der Waals surface area contributed by atoms with Gasteiger partial charge in [-0.05, 0) is 80.9 Å². The van der Waals surface area contributed by atoms with Crippen molar-refractivity contribution < 1.29 is 9.13 Å². The van der Waals surface area contributed by atoms with E-state index in [0.29, 0.717) is 17.9 Å². The molecule has 7 rings (SSSR count). The first-order valence-electron chi connectivity index (χ1n) is 13.5. The van der Waals surface area contributed by atoms with Crippen molar-refractivity contribution in [2.45, 2.75) is 19.8 Å². The number of aromatic nitrogens is 6. The van der Waals surface area contributed by atoms with Gasteiger partial charge in [-0.2, -0.15) is 5.10 Å². The Morgan fingerprint density at radius 2 is 1.77 bits per heavy atom. The molecule has 6 aromatic rings. The number of benzene rings is 1. The van der Waals surface area contributed by atoms with Crippen LogP contribution in [0.15, 0.2) is 67.3 Å². The van der Waals surface area contributed by atoms with Gasteiger partial charge in [0.05, 0.1) is 17.6 Å². The average Bonchev–Trinajstić information content (AvgIpc) is 3.71. The number of hydrogen-bond donors (Lipinski definition) is 2. The summed E-state index contributed by atoms with van der Waals surface area (Å²) >= 11 is 0. The van der Waals surface area contributed by atoms with Crippen molar-refractivity contribution in [3.8, 4) is 39.5 Å². The number of likely N-dealkylation sites (tertiary alicyclic amines) is 1. The zero-order valence-electron chi connectivity index (χ0n) is 22.1. The van der Waals surface area contributed by atoms with Crippen LogP contribution >= 0.6 is 0 Å². The van der Waals surface area contributed by atoms with Crippen molar-refractivity contribution in [3.63, 3.8) is 0 Å². The molecule has 200 valence electrons. The molecular formula is C31H28FN7O. The van der Waals surface area contributed by atoms with E-state index in [9.17, 15) is 4.39 Å². The highest BCUT2D eigenvalue weighted by atomic mass is 19.1. The number of halogens is 1. The maximum atomic E-state index is 14.2. The first kappa shape index (κ1) is 24.4. The lowest BCUT2D eigenvalue weighted by Crippen LogP contribution is -2.25. The fraction of sp³-hybridized carbons (Fsp3) is 0.226. The van der Waals surface area contributed by atoms with Gasteiger partial charge in [0.2, 0.25) is 0 Å². The second kappa shape index (κ2) is 10.2. The second-order valence-electron chi connectivity index (χ2n) is 10.3. The van der Waals surface area contributed by atoms with Crippen molar-refractivity contribution in [2.24, 2.45) is 0 Å². The number of rotatable bonds is 7. The van der Waals surface area contributed by atoms with Gasteiger partial charge in [0.1, 0.15) is 23.9 Å². The summed E-state index contributed by atoms with van der Waals surface area (Å²) in [6.45, 7) is 5.75. The lowest BCUT2D eigenvalue weighted by atomic mass is 10.0. The Labute approximate surface area is 230 Å². The first-order valence-corrected chi connectivity index (χ1v) is 13.5. The molecule has 8 nitrogen and oxygen atoms in total. The van der Waals surface area contributed by atoms with Gasteiger partial charge in [-0.15, -0.1) is 0 Å². The van der Waals surface area contributed by atoms with Crippen molar-refractivity contribution in [1.82, 2.24) is 35.0 Å². The summed E-state index contributed by atoms with van der Waals surface area (Å²) in [6.07, 6.45) is 9.65. The molecule has 0 aliphatic carbocycles. The number of ether oxygens (including phenoxy) is 1. The third-order valence-electron chi connectivity index (χ3n) is 7.46. The highest BCUT2D eigenvalue weighted by Gasteiger charge is 2.17. The minimum Gasteiger partial charge on any atom is -0.491 e. The molecular weight excluding hydrogens is 505 g/mol. The Balaban J connectivity index is 1.21. The van der Waals surface area contributed by atoms with E-state index in [1.165, 1.54) is 25.0 Å². The van der Waals surface area contributed by atoms with Crippen LogP contribution in [0.25, 0.3) is 55.7 Å². The Morgan fingerprint density at radius 1 is 0.900 bits per heavy atom. The standard InChI is InChI=1S/C31H28FN7O/c1-19-10-20(12-23(32)11-19)29-25-15-28(36-27(25)4-5-34-29)30-26-14-22(17-35-31(26)38-37-30)21-13-24(18-33-16-21)40-9-8-39-6-2-3-7-39/h4-5,10-18,36H,2-3,6-9H2,1H3,(H,35,37,38). The summed E-state index contributed by atoms with van der Waals surface area (Å²) in [5.74, 6) is 0.462. The third-order valence-corrected chi connectivity index (χ3v) is 7.46. The zero-order chi connectivity index (χ0) is 27.1. The van der Waals surface area contributed by atoms with Gasteiger partial charge in [0.25, 0.3) is 0 Å².